The molecule has 1 rings (SSSR count). The van der Waals surface area contributed by atoms with E-state index in [9.17, 15) is 13.2 Å². The lowest BCUT2D eigenvalue weighted by Gasteiger charge is -2.19. The van der Waals surface area contributed by atoms with Crippen LogP contribution in [0.4, 0.5) is 13.2 Å². The zero-order valence-electron chi connectivity index (χ0n) is 14.3. The van der Waals surface area contributed by atoms with Crippen LogP contribution in [0, 0.1) is 0 Å². The number of guanidine groups is 1. The van der Waals surface area contributed by atoms with E-state index in [2.05, 4.69) is 15.6 Å². The van der Waals surface area contributed by atoms with E-state index in [1.807, 2.05) is 24.3 Å². The molecule has 0 aliphatic carbocycles. The molecule has 8 heteroatoms. The van der Waals surface area contributed by atoms with Crippen LogP contribution in [0.25, 0.3) is 0 Å². The normalized spacial score (nSPS) is 12.4. The lowest BCUT2D eigenvalue weighted by Crippen LogP contribution is -2.42. The molecule has 0 saturated heterocycles. The van der Waals surface area contributed by atoms with Gasteiger partial charge >= 0.3 is 6.18 Å². The van der Waals surface area contributed by atoms with Gasteiger partial charge in [-0.3, -0.25) is 9.89 Å². The zero-order chi connectivity index (χ0) is 18.0. The predicted octanol–water partition coefficient (Wildman–Crippen LogP) is 1.90. The van der Waals surface area contributed by atoms with Gasteiger partial charge < -0.3 is 15.4 Å². The summed E-state index contributed by atoms with van der Waals surface area (Å²) in [5, 5.41) is 6.14. The third-order valence-electron chi connectivity index (χ3n) is 3.32. The molecule has 0 aliphatic rings. The fraction of sp³-hybridized carbons (Fsp3) is 0.562. The van der Waals surface area contributed by atoms with Crippen molar-refractivity contribution in [3.8, 4) is 5.75 Å². The van der Waals surface area contributed by atoms with Crippen LogP contribution in [0.1, 0.15) is 5.56 Å². The summed E-state index contributed by atoms with van der Waals surface area (Å²) in [7, 11) is 4.69. The maximum atomic E-state index is 12.2. The van der Waals surface area contributed by atoms with Gasteiger partial charge in [0, 0.05) is 26.7 Å². The second-order valence-corrected chi connectivity index (χ2v) is 5.38. The number of benzene rings is 1. The van der Waals surface area contributed by atoms with Gasteiger partial charge in [0.1, 0.15) is 5.75 Å². The Morgan fingerprint density at radius 1 is 1.17 bits per heavy atom. The minimum Gasteiger partial charge on any atom is -0.497 e. The van der Waals surface area contributed by atoms with Crippen LogP contribution >= 0.6 is 0 Å². The molecule has 0 saturated carbocycles. The number of alkyl halides is 3. The van der Waals surface area contributed by atoms with Crippen LogP contribution in [0.15, 0.2) is 29.3 Å². The van der Waals surface area contributed by atoms with Crippen molar-refractivity contribution in [2.45, 2.75) is 12.6 Å². The molecule has 0 amide bonds. The number of nitrogens with zero attached hydrogens (tertiary/aromatic N) is 2. The molecule has 0 unspecified atom stereocenters. The standard InChI is InChI=1S/C16H25F3N4O/c1-20-15(22-10-11-23(2)12-16(17,18)19)21-9-8-13-4-6-14(24-3)7-5-13/h4-7H,8-12H2,1-3H3,(H2,20,21,22). The SMILES string of the molecule is CN=C(NCCc1ccc(OC)cc1)NCCN(C)CC(F)(F)F. The van der Waals surface area contributed by atoms with Crippen molar-refractivity contribution in [3.05, 3.63) is 29.8 Å². The lowest BCUT2D eigenvalue weighted by molar-refractivity contribution is -0.142. The van der Waals surface area contributed by atoms with Crippen molar-refractivity contribution < 1.29 is 17.9 Å². The third kappa shape index (κ3) is 8.61. The molecule has 0 fully saturated rings. The number of rotatable bonds is 8. The molecule has 0 heterocycles. The molecule has 0 aromatic heterocycles. The van der Waals surface area contributed by atoms with Crippen molar-refractivity contribution in [2.75, 3.05) is 47.4 Å². The van der Waals surface area contributed by atoms with Crippen molar-refractivity contribution in [2.24, 2.45) is 4.99 Å². The van der Waals surface area contributed by atoms with Gasteiger partial charge in [0.25, 0.3) is 0 Å². The molecule has 136 valence electrons. The average molecular weight is 346 g/mol. The molecule has 0 aliphatic heterocycles. The summed E-state index contributed by atoms with van der Waals surface area (Å²) in [5.74, 6) is 1.39. The highest BCUT2D eigenvalue weighted by atomic mass is 19.4. The summed E-state index contributed by atoms with van der Waals surface area (Å²) < 4.78 is 41.8. The third-order valence-corrected chi connectivity index (χ3v) is 3.32. The molecule has 5 nitrogen and oxygen atoms in total. The van der Waals surface area contributed by atoms with Gasteiger partial charge in [-0.15, -0.1) is 0 Å². The number of methoxy groups -OCH3 is 1. The topological polar surface area (TPSA) is 48.9 Å². The van der Waals surface area contributed by atoms with Gasteiger partial charge in [-0.05, 0) is 31.2 Å². The summed E-state index contributed by atoms with van der Waals surface area (Å²) in [6.07, 6.45) is -3.37. The van der Waals surface area contributed by atoms with Crippen LogP contribution in [0.3, 0.4) is 0 Å². The molecule has 2 N–H and O–H groups in total. The first-order valence-electron chi connectivity index (χ1n) is 7.67. The van der Waals surface area contributed by atoms with Crippen LogP contribution in [-0.4, -0.2) is 64.4 Å². The number of aliphatic imine (C=N–C) groups is 1. The van der Waals surface area contributed by atoms with Gasteiger partial charge in [0.05, 0.1) is 13.7 Å². The van der Waals surface area contributed by atoms with Gasteiger partial charge in [-0.2, -0.15) is 13.2 Å². The van der Waals surface area contributed by atoms with E-state index < -0.39 is 12.7 Å². The predicted molar refractivity (Wildman–Crippen MR) is 89.6 cm³/mol. The van der Waals surface area contributed by atoms with Gasteiger partial charge in [0.15, 0.2) is 5.96 Å². The maximum absolute atomic E-state index is 12.2. The summed E-state index contributed by atoms with van der Waals surface area (Å²) >= 11 is 0. The monoisotopic (exact) mass is 346 g/mol. The first-order chi connectivity index (χ1) is 11.3. The Morgan fingerprint density at radius 3 is 2.33 bits per heavy atom. The summed E-state index contributed by atoms with van der Waals surface area (Å²) in [5.41, 5.74) is 1.16. The summed E-state index contributed by atoms with van der Waals surface area (Å²) in [4.78, 5) is 5.27. The van der Waals surface area contributed by atoms with Crippen LogP contribution in [-0.2, 0) is 6.42 Å². The highest BCUT2D eigenvalue weighted by molar-refractivity contribution is 5.79. The Balaban J connectivity index is 2.25. The van der Waals surface area contributed by atoms with Crippen LogP contribution in [0.2, 0.25) is 0 Å². The number of nitrogens with one attached hydrogen (secondary N) is 2. The van der Waals surface area contributed by atoms with E-state index in [-0.39, 0.29) is 6.54 Å². The number of likely N-dealkylation sites (N-methyl/N-ethyl adjacent to an activating group) is 1. The summed E-state index contributed by atoms with van der Waals surface area (Å²) in [6, 6.07) is 7.78. The first kappa shape index (κ1) is 20.1. The molecule has 1 aromatic carbocycles. The second-order valence-electron chi connectivity index (χ2n) is 5.38. The Labute approximate surface area is 140 Å². The molecular weight excluding hydrogens is 321 g/mol. The van der Waals surface area contributed by atoms with Gasteiger partial charge in [-0.25, -0.2) is 0 Å². The smallest absolute Gasteiger partial charge is 0.401 e. The van der Waals surface area contributed by atoms with E-state index in [4.69, 9.17) is 4.74 Å². The molecular formula is C16H25F3N4O. The molecule has 0 radical (unpaired) electrons. The van der Waals surface area contributed by atoms with E-state index >= 15 is 0 Å². The molecule has 0 atom stereocenters. The largest absolute Gasteiger partial charge is 0.497 e. The van der Waals surface area contributed by atoms with Crippen molar-refractivity contribution in [1.82, 2.24) is 15.5 Å². The molecule has 0 bridgehead atoms. The molecule has 24 heavy (non-hydrogen) atoms. The number of hydrogen-bond donors (Lipinski definition) is 2. The Morgan fingerprint density at radius 2 is 1.79 bits per heavy atom. The Bertz CT molecular complexity index is 503. The second kappa shape index (κ2) is 10.0. The minimum absolute atomic E-state index is 0.276. The fourth-order valence-electron chi connectivity index (χ4n) is 2.09. The van der Waals surface area contributed by atoms with E-state index in [1.165, 1.54) is 11.9 Å². The van der Waals surface area contributed by atoms with E-state index in [0.717, 1.165) is 17.7 Å². The lowest BCUT2D eigenvalue weighted by atomic mass is 10.1. The highest BCUT2D eigenvalue weighted by Crippen LogP contribution is 2.15. The zero-order valence-corrected chi connectivity index (χ0v) is 14.3. The van der Waals surface area contributed by atoms with Gasteiger partial charge in [-0.1, -0.05) is 12.1 Å². The fourth-order valence-corrected chi connectivity index (χ4v) is 2.09. The van der Waals surface area contributed by atoms with E-state index in [1.54, 1.807) is 14.2 Å². The highest BCUT2D eigenvalue weighted by Gasteiger charge is 2.28. The molecule has 1 aromatic rings. The van der Waals surface area contributed by atoms with E-state index in [0.29, 0.717) is 19.0 Å². The maximum Gasteiger partial charge on any atom is 0.401 e. The first-order valence-corrected chi connectivity index (χ1v) is 7.67. The Hall–Kier alpha value is -1.96. The van der Waals surface area contributed by atoms with Crippen LogP contribution in [0.5, 0.6) is 5.75 Å². The minimum atomic E-state index is -4.17. The van der Waals surface area contributed by atoms with Crippen molar-refractivity contribution >= 4 is 5.96 Å². The summed E-state index contributed by atoms with van der Waals surface area (Å²) in [6.45, 7) is 0.413. The van der Waals surface area contributed by atoms with Crippen molar-refractivity contribution in [3.63, 3.8) is 0 Å². The Kier molecular flexibility index (Phi) is 8.39. The number of halogens is 3. The number of hydrogen-bond acceptors (Lipinski definition) is 3. The van der Waals surface area contributed by atoms with Crippen molar-refractivity contribution in [1.29, 1.82) is 0 Å². The quantitative estimate of drug-likeness (QED) is 0.558. The molecule has 0 spiro atoms. The average Bonchev–Trinajstić information content (AvgIpc) is 2.52. The van der Waals surface area contributed by atoms with Gasteiger partial charge in [0.2, 0.25) is 0 Å². The van der Waals surface area contributed by atoms with Crippen LogP contribution < -0.4 is 15.4 Å². The number of ether oxygens (including phenoxy) is 1.